The standard InChI is InChI=1S/C25H22N6O2/c26-13-19-12-18(2-4-24(19)33-21-6-9-32-10-7-21)23-5-8-27-25(31-23)11-17-1-3-22(28-14-17)20-15-29-30-16-20/h1-5,8,12,14-16,20-21H,6-7,9-11H2. The average Bonchev–Trinajstić information content (AvgIpc) is 3.41. The summed E-state index contributed by atoms with van der Waals surface area (Å²) in [6.45, 7) is 1.38. The van der Waals surface area contributed by atoms with E-state index in [9.17, 15) is 5.26 Å². The average molecular weight is 438 g/mol. The number of pyridine rings is 1. The zero-order chi connectivity index (χ0) is 22.5. The van der Waals surface area contributed by atoms with E-state index in [1.165, 1.54) is 0 Å². The molecule has 1 fully saturated rings. The van der Waals surface area contributed by atoms with Crippen molar-refractivity contribution < 1.29 is 9.47 Å². The van der Waals surface area contributed by atoms with E-state index in [1.807, 2.05) is 42.6 Å². The van der Waals surface area contributed by atoms with Crippen molar-refractivity contribution >= 4 is 12.4 Å². The summed E-state index contributed by atoms with van der Waals surface area (Å²) in [5, 5.41) is 17.4. The first-order valence-corrected chi connectivity index (χ1v) is 10.9. The molecule has 0 atom stereocenters. The number of aromatic nitrogens is 3. The molecule has 1 saturated heterocycles. The predicted molar refractivity (Wildman–Crippen MR) is 123 cm³/mol. The van der Waals surface area contributed by atoms with Crippen LogP contribution in [0.1, 0.15) is 41.4 Å². The van der Waals surface area contributed by atoms with Gasteiger partial charge in [0.05, 0.1) is 36.1 Å². The second-order valence-electron chi connectivity index (χ2n) is 7.93. The van der Waals surface area contributed by atoms with Gasteiger partial charge in [0.1, 0.15) is 23.7 Å². The van der Waals surface area contributed by atoms with Crippen molar-refractivity contribution in [2.45, 2.75) is 31.3 Å². The third-order valence-corrected chi connectivity index (χ3v) is 5.64. The lowest BCUT2D eigenvalue weighted by Crippen LogP contribution is -2.26. The lowest BCUT2D eigenvalue weighted by Gasteiger charge is -2.23. The molecule has 2 aliphatic rings. The van der Waals surface area contributed by atoms with Crippen LogP contribution < -0.4 is 4.74 Å². The van der Waals surface area contributed by atoms with Gasteiger partial charge in [0.25, 0.3) is 0 Å². The first kappa shape index (κ1) is 20.9. The van der Waals surface area contributed by atoms with Crippen molar-refractivity contribution in [2.75, 3.05) is 13.2 Å². The van der Waals surface area contributed by atoms with Crippen molar-refractivity contribution in [1.82, 2.24) is 15.0 Å². The highest BCUT2D eigenvalue weighted by molar-refractivity contribution is 5.92. The van der Waals surface area contributed by atoms with Crippen molar-refractivity contribution in [3.63, 3.8) is 0 Å². The van der Waals surface area contributed by atoms with Crippen LogP contribution in [0.25, 0.3) is 11.3 Å². The summed E-state index contributed by atoms with van der Waals surface area (Å²) in [4.78, 5) is 13.6. The Morgan fingerprint density at radius 2 is 1.88 bits per heavy atom. The maximum atomic E-state index is 9.66. The first-order chi connectivity index (χ1) is 16.3. The molecular formula is C25H22N6O2. The second-order valence-corrected chi connectivity index (χ2v) is 7.93. The molecule has 33 heavy (non-hydrogen) atoms. The Kier molecular flexibility index (Phi) is 6.13. The Bertz CT molecular complexity index is 1210. The molecule has 0 bridgehead atoms. The Hall–Kier alpha value is -3.96. The summed E-state index contributed by atoms with van der Waals surface area (Å²) >= 11 is 0. The highest BCUT2D eigenvalue weighted by atomic mass is 16.5. The molecule has 0 amide bonds. The molecule has 0 unspecified atom stereocenters. The molecule has 3 aromatic rings. The molecule has 2 aliphatic heterocycles. The van der Waals surface area contributed by atoms with Gasteiger partial charge in [-0.2, -0.15) is 15.5 Å². The van der Waals surface area contributed by atoms with Crippen LogP contribution in [0.4, 0.5) is 0 Å². The maximum Gasteiger partial charge on any atom is 0.137 e. The number of benzene rings is 1. The molecule has 8 heteroatoms. The largest absolute Gasteiger partial charge is 0.489 e. The van der Waals surface area contributed by atoms with E-state index in [2.05, 4.69) is 26.2 Å². The third kappa shape index (κ3) is 4.94. The molecule has 0 saturated carbocycles. The molecule has 5 rings (SSSR count). The van der Waals surface area contributed by atoms with Crippen LogP contribution in [0.2, 0.25) is 0 Å². The zero-order valence-electron chi connectivity index (χ0n) is 18.0. The van der Waals surface area contributed by atoms with Crippen LogP contribution in [0.15, 0.2) is 59.0 Å². The fraction of sp³-hybridized carbons (Fsp3) is 0.280. The quantitative estimate of drug-likeness (QED) is 0.581. The number of ether oxygens (including phenoxy) is 2. The highest BCUT2D eigenvalue weighted by Crippen LogP contribution is 2.27. The van der Waals surface area contributed by atoms with E-state index >= 15 is 0 Å². The molecule has 0 aliphatic carbocycles. The smallest absolute Gasteiger partial charge is 0.137 e. The number of hydrogen-bond acceptors (Lipinski definition) is 8. The monoisotopic (exact) mass is 438 g/mol. The summed E-state index contributed by atoms with van der Waals surface area (Å²) in [5.41, 5.74) is 4.03. The van der Waals surface area contributed by atoms with Crippen molar-refractivity contribution in [3.8, 4) is 23.1 Å². The van der Waals surface area contributed by atoms with Gasteiger partial charge < -0.3 is 9.47 Å². The van der Waals surface area contributed by atoms with E-state index < -0.39 is 0 Å². The van der Waals surface area contributed by atoms with Gasteiger partial charge >= 0.3 is 0 Å². The predicted octanol–water partition coefficient (Wildman–Crippen LogP) is 3.71. The van der Waals surface area contributed by atoms with Gasteiger partial charge in [0.2, 0.25) is 0 Å². The molecule has 1 aromatic carbocycles. The lowest BCUT2D eigenvalue weighted by molar-refractivity contribution is 0.0254. The van der Waals surface area contributed by atoms with Gasteiger partial charge in [-0.1, -0.05) is 6.07 Å². The lowest BCUT2D eigenvalue weighted by atomic mass is 10.1. The van der Waals surface area contributed by atoms with Crippen molar-refractivity contribution in [1.29, 1.82) is 5.26 Å². The van der Waals surface area contributed by atoms with Gasteiger partial charge in [0, 0.05) is 49.6 Å². The Morgan fingerprint density at radius 1 is 1.03 bits per heavy atom. The number of nitriles is 1. The minimum absolute atomic E-state index is 0.0337. The number of hydrogen-bond donors (Lipinski definition) is 0. The maximum absolute atomic E-state index is 9.66. The molecule has 0 radical (unpaired) electrons. The van der Waals surface area contributed by atoms with E-state index in [0.717, 1.165) is 35.4 Å². The Labute approximate surface area is 191 Å². The van der Waals surface area contributed by atoms with E-state index in [0.29, 0.717) is 36.8 Å². The summed E-state index contributed by atoms with van der Waals surface area (Å²) in [6.07, 6.45) is 9.41. The van der Waals surface area contributed by atoms with Crippen molar-refractivity contribution in [3.05, 3.63) is 71.4 Å². The molecule has 4 heterocycles. The number of nitrogens with zero attached hydrogens (tertiary/aromatic N) is 6. The normalized spacial score (nSPS) is 16.1. The highest BCUT2D eigenvalue weighted by Gasteiger charge is 2.18. The summed E-state index contributed by atoms with van der Waals surface area (Å²) in [7, 11) is 0. The van der Waals surface area contributed by atoms with Crippen LogP contribution in [0, 0.1) is 11.3 Å². The molecule has 2 aromatic heterocycles. The van der Waals surface area contributed by atoms with Crippen LogP contribution >= 0.6 is 0 Å². The summed E-state index contributed by atoms with van der Waals surface area (Å²) < 4.78 is 11.4. The van der Waals surface area contributed by atoms with Gasteiger partial charge in [-0.25, -0.2) is 9.97 Å². The van der Waals surface area contributed by atoms with Gasteiger partial charge in [-0.15, -0.1) is 0 Å². The van der Waals surface area contributed by atoms with Crippen LogP contribution in [0.5, 0.6) is 5.75 Å². The first-order valence-electron chi connectivity index (χ1n) is 10.9. The minimum atomic E-state index is 0.0337. The molecule has 0 spiro atoms. The second kappa shape index (κ2) is 9.67. The van der Waals surface area contributed by atoms with Crippen molar-refractivity contribution in [2.24, 2.45) is 10.2 Å². The molecule has 0 N–H and O–H groups in total. The van der Waals surface area contributed by atoms with Crippen LogP contribution in [0.3, 0.4) is 0 Å². The van der Waals surface area contributed by atoms with E-state index in [4.69, 9.17) is 14.5 Å². The third-order valence-electron chi connectivity index (χ3n) is 5.64. The van der Waals surface area contributed by atoms with E-state index in [-0.39, 0.29) is 12.0 Å². The van der Waals surface area contributed by atoms with Gasteiger partial charge in [-0.3, -0.25) is 4.98 Å². The zero-order valence-corrected chi connectivity index (χ0v) is 18.0. The number of rotatable bonds is 6. The fourth-order valence-corrected chi connectivity index (χ4v) is 3.83. The molecule has 8 nitrogen and oxygen atoms in total. The van der Waals surface area contributed by atoms with Gasteiger partial charge in [-0.05, 0) is 35.9 Å². The van der Waals surface area contributed by atoms with Crippen LogP contribution in [-0.4, -0.2) is 46.7 Å². The summed E-state index contributed by atoms with van der Waals surface area (Å²) in [6, 6.07) is 13.7. The molecule has 164 valence electrons. The Balaban J connectivity index is 1.31. The minimum Gasteiger partial charge on any atom is -0.489 e. The molecular weight excluding hydrogens is 416 g/mol. The topological polar surface area (TPSA) is 106 Å². The fourth-order valence-electron chi connectivity index (χ4n) is 3.83. The Morgan fingerprint density at radius 3 is 2.64 bits per heavy atom. The summed E-state index contributed by atoms with van der Waals surface area (Å²) in [5.74, 6) is 1.32. The van der Waals surface area contributed by atoms with Crippen LogP contribution in [-0.2, 0) is 11.2 Å². The SMILES string of the molecule is N#Cc1cc(-c2ccnc(Cc3ccc(C4C=NN=C4)nc3)n2)ccc1OC1CCOCC1. The van der Waals surface area contributed by atoms with Gasteiger partial charge in [0.15, 0.2) is 0 Å². The van der Waals surface area contributed by atoms with E-state index in [1.54, 1.807) is 18.6 Å².